The van der Waals surface area contributed by atoms with Crippen LogP contribution in [-0.2, 0) is 6.42 Å². The average Bonchev–Trinajstić information content (AvgIpc) is 2.76. The van der Waals surface area contributed by atoms with Gasteiger partial charge in [-0.25, -0.2) is 9.18 Å². The minimum atomic E-state index is -0.886. The highest BCUT2D eigenvalue weighted by molar-refractivity contribution is 5.89. The second-order valence-corrected chi connectivity index (χ2v) is 7.60. The van der Waals surface area contributed by atoms with Crippen LogP contribution < -0.4 is 9.64 Å². The number of hydrogen-bond donors (Lipinski definition) is 1. The first-order valence-electron chi connectivity index (χ1n) is 10.1. The van der Waals surface area contributed by atoms with Gasteiger partial charge in [0, 0.05) is 24.5 Å². The van der Waals surface area contributed by atoms with Crippen LogP contribution in [0.25, 0.3) is 0 Å². The molecule has 1 aliphatic heterocycles. The molecule has 0 unspecified atom stereocenters. The van der Waals surface area contributed by atoms with Gasteiger partial charge >= 0.3 is 5.97 Å². The van der Waals surface area contributed by atoms with Gasteiger partial charge in [0.05, 0.1) is 12.2 Å². The molecular formula is C25H24FNO3. The number of hydrogen-bond acceptors (Lipinski definition) is 3. The molecule has 0 spiro atoms. The zero-order valence-electron chi connectivity index (χ0n) is 16.8. The van der Waals surface area contributed by atoms with Crippen molar-refractivity contribution < 1.29 is 19.0 Å². The first-order chi connectivity index (χ1) is 14.5. The van der Waals surface area contributed by atoms with Crippen LogP contribution in [0, 0.1) is 5.82 Å². The molecule has 1 heterocycles. The molecule has 154 valence electrons. The van der Waals surface area contributed by atoms with Crippen molar-refractivity contribution in [1.29, 1.82) is 0 Å². The van der Waals surface area contributed by atoms with Crippen LogP contribution in [0.15, 0.2) is 66.7 Å². The van der Waals surface area contributed by atoms with Crippen LogP contribution in [0.5, 0.6) is 5.75 Å². The van der Waals surface area contributed by atoms with Crippen LogP contribution in [0.4, 0.5) is 15.8 Å². The third kappa shape index (κ3) is 4.15. The van der Waals surface area contributed by atoms with Gasteiger partial charge < -0.3 is 14.7 Å². The standard InChI is InChI=1S/C25H24FNO3/c1-27(20-7-4-6-19(26)15-20)21-11-12-22-18(13-14-30-24(22)16-21)10-9-17-5-2-3-8-23(17)25(28)29/h2-8,11-12,15-16,18H,9-10,13-14H2,1H3,(H,28,29)/t18-/m1/s1. The van der Waals surface area contributed by atoms with Gasteiger partial charge in [-0.2, -0.15) is 0 Å². The number of carboxylic acid groups (broad SMARTS) is 1. The molecule has 0 bridgehead atoms. The molecule has 0 radical (unpaired) electrons. The Balaban J connectivity index is 1.53. The SMILES string of the molecule is CN(c1cccc(F)c1)c1ccc2c(c1)OCC[C@H]2CCc1ccccc1C(=O)O. The van der Waals surface area contributed by atoms with E-state index in [4.69, 9.17) is 4.74 Å². The second kappa shape index (κ2) is 8.57. The summed E-state index contributed by atoms with van der Waals surface area (Å²) in [7, 11) is 1.90. The third-order valence-corrected chi connectivity index (χ3v) is 5.75. The highest BCUT2D eigenvalue weighted by Crippen LogP contribution is 2.39. The van der Waals surface area contributed by atoms with Crippen molar-refractivity contribution in [1.82, 2.24) is 0 Å². The van der Waals surface area contributed by atoms with Gasteiger partial charge in [-0.3, -0.25) is 0 Å². The van der Waals surface area contributed by atoms with E-state index >= 15 is 0 Å². The van der Waals surface area contributed by atoms with Crippen LogP contribution in [0.2, 0.25) is 0 Å². The minimum Gasteiger partial charge on any atom is -0.493 e. The number of benzene rings is 3. The first kappa shape index (κ1) is 20.0. The number of rotatable bonds is 6. The number of carboxylic acids is 1. The zero-order chi connectivity index (χ0) is 21.1. The predicted octanol–water partition coefficient (Wildman–Crippen LogP) is 5.79. The fourth-order valence-corrected chi connectivity index (χ4v) is 4.07. The maximum Gasteiger partial charge on any atom is 0.335 e. The molecule has 0 aliphatic carbocycles. The largest absolute Gasteiger partial charge is 0.493 e. The summed E-state index contributed by atoms with van der Waals surface area (Å²) in [6, 6.07) is 19.8. The molecule has 5 heteroatoms. The Morgan fingerprint density at radius 1 is 1.10 bits per heavy atom. The molecule has 0 aromatic heterocycles. The molecule has 1 N–H and O–H groups in total. The summed E-state index contributed by atoms with van der Waals surface area (Å²) in [6.07, 6.45) is 2.47. The second-order valence-electron chi connectivity index (χ2n) is 7.60. The zero-order valence-corrected chi connectivity index (χ0v) is 16.8. The van der Waals surface area contributed by atoms with Crippen molar-refractivity contribution >= 4 is 17.3 Å². The van der Waals surface area contributed by atoms with Crippen molar-refractivity contribution in [2.75, 3.05) is 18.6 Å². The number of aryl methyl sites for hydroxylation is 1. The Kier molecular flexibility index (Phi) is 5.70. The van der Waals surface area contributed by atoms with Crippen molar-refractivity contribution in [3.8, 4) is 5.75 Å². The lowest BCUT2D eigenvalue weighted by Crippen LogP contribution is -2.17. The molecule has 4 rings (SSSR count). The molecule has 0 saturated carbocycles. The lowest BCUT2D eigenvalue weighted by Gasteiger charge is -2.28. The van der Waals surface area contributed by atoms with E-state index in [1.54, 1.807) is 18.2 Å². The minimum absolute atomic E-state index is 0.268. The maximum atomic E-state index is 13.6. The molecule has 0 amide bonds. The van der Waals surface area contributed by atoms with E-state index in [0.717, 1.165) is 41.1 Å². The smallest absolute Gasteiger partial charge is 0.335 e. The number of ether oxygens (including phenoxy) is 1. The van der Waals surface area contributed by atoms with Gasteiger partial charge in [-0.05, 0) is 66.6 Å². The Morgan fingerprint density at radius 3 is 2.70 bits per heavy atom. The van der Waals surface area contributed by atoms with Gasteiger partial charge in [0.1, 0.15) is 11.6 Å². The van der Waals surface area contributed by atoms with Crippen LogP contribution in [-0.4, -0.2) is 24.7 Å². The number of nitrogens with zero attached hydrogens (tertiary/aromatic N) is 1. The van der Waals surface area contributed by atoms with E-state index in [-0.39, 0.29) is 5.82 Å². The summed E-state index contributed by atoms with van der Waals surface area (Å²) >= 11 is 0. The monoisotopic (exact) mass is 405 g/mol. The van der Waals surface area contributed by atoms with Crippen molar-refractivity contribution in [3.63, 3.8) is 0 Å². The van der Waals surface area contributed by atoms with E-state index in [0.29, 0.717) is 24.5 Å². The summed E-state index contributed by atoms with van der Waals surface area (Å²) in [5.41, 5.74) is 4.08. The van der Waals surface area contributed by atoms with Gasteiger partial charge in [0.25, 0.3) is 0 Å². The Bertz CT molecular complexity index is 1070. The highest BCUT2D eigenvalue weighted by Gasteiger charge is 2.23. The Hall–Kier alpha value is -3.34. The number of carbonyl (C=O) groups is 1. The third-order valence-electron chi connectivity index (χ3n) is 5.75. The normalized spacial score (nSPS) is 15.2. The summed E-state index contributed by atoms with van der Waals surface area (Å²) in [5, 5.41) is 9.41. The van der Waals surface area contributed by atoms with Crippen LogP contribution in [0.1, 0.15) is 40.2 Å². The van der Waals surface area contributed by atoms with E-state index < -0.39 is 5.97 Å². The average molecular weight is 405 g/mol. The van der Waals surface area contributed by atoms with Crippen molar-refractivity contribution in [2.45, 2.75) is 25.2 Å². The summed E-state index contributed by atoms with van der Waals surface area (Å²) in [6.45, 7) is 0.630. The molecule has 4 nitrogen and oxygen atoms in total. The Morgan fingerprint density at radius 2 is 1.90 bits per heavy atom. The molecule has 1 atom stereocenters. The number of aromatic carboxylic acids is 1. The van der Waals surface area contributed by atoms with E-state index in [2.05, 4.69) is 6.07 Å². The topological polar surface area (TPSA) is 49.8 Å². The summed E-state index contributed by atoms with van der Waals surface area (Å²) in [4.78, 5) is 13.4. The van der Waals surface area contributed by atoms with E-state index in [1.165, 1.54) is 12.1 Å². The molecule has 0 saturated heterocycles. The molecule has 0 fully saturated rings. The molecule has 30 heavy (non-hydrogen) atoms. The summed E-state index contributed by atoms with van der Waals surface area (Å²) in [5.74, 6) is 0.000853. The van der Waals surface area contributed by atoms with Gasteiger partial charge in [0.15, 0.2) is 0 Å². The lowest BCUT2D eigenvalue weighted by atomic mass is 9.87. The lowest BCUT2D eigenvalue weighted by molar-refractivity contribution is 0.0695. The Labute approximate surface area is 175 Å². The van der Waals surface area contributed by atoms with Crippen LogP contribution in [0.3, 0.4) is 0 Å². The number of fused-ring (bicyclic) bond motifs is 1. The first-order valence-corrected chi connectivity index (χ1v) is 10.1. The van der Waals surface area contributed by atoms with E-state index in [1.807, 2.05) is 42.3 Å². The van der Waals surface area contributed by atoms with Gasteiger partial charge in [-0.1, -0.05) is 30.3 Å². The molecule has 3 aromatic rings. The van der Waals surface area contributed by atoms with Gasteiger partial charge in [0.2, 0.25) is 0 Å². The number of anilines is 2. The highest BCUT2D eigenvalue weighted by atomic mass is 19.1. The molecular weight excluding hydrogens is 381 g/mol. The fourth-order valence-electron chi connectivity index (χ4n) is 4.07. The van der Waals surface area contributed by atoms with Gasteiger partial charge in [-0.15, -0.1) is 0 Å². The van der Waals surface area contributed by atoms with E-state index in [9.17, 15) is 14.3 Å². The molecule has 3 aromatic carbocycles. The van der Waals surface area contributed by atoms with Crippen LogP contribution >= 0.6 is 0 Å². The van der Waals surface area contributed by atoms with Crippen molar-refractivity contribution in [3.05, 3.63) is 89.2 Å². The predicted molar refractivity (Wildman–Crippen MR) is 115 cm³/mol. The fraction of sp³-hybridized carbons (Fsp3) is 0.240. The maximum absolute atomic E-state index is 13.6. The quantitative estimate of drug-likeness (QED) is 0.564. The molecule has 1 aliphatic rings. The number of halogens is 1. The summed E-state index contributed by atoms with van der Waals surface area (Å²) < 4.78 is 19.5. The van der Waals surface area contributed by atoms with Crippen molar-refractivity contribution in [2.24, 2.45) is 0 Å².